The highest BCUT2D eigenvalue weighted by molar-refractivity contribution is 9.25. The van der Waals surface area contributed by atoms with Crippen LogP contribution in [-0.4, -0.2) is 19.8 Å². The van der Waals surface area contributed by atoms with E-state index in [1.165, 1.54) is 0 Å². The van der Waals surface area contributed by atoms with Gasteiger partial charge in [-0.3, -0.25) is 0 Å². The molecular formula is C7H11Br2ClO. The smallest absolute Gasteiger partial charge is 0.0908 e. The zero-order valence-electron chi connectivity index (χ0n) is 6.39. The third-order valence-corrected chi connectivity index (χ3v) is 4.57. The van der Waals surface area contributed by atoms with E-state index in [2.05, 4.69) is 31.9 Å². The van der Waals surface area contributed by atoms with Crippen molar-refractivity contribution < 1.29 is 5.11 Å². The van der Waals surface area contributed by atoms with Crippen molar-refractivity contribution >= 4 is 43.5 Å². The Kier molecular flexibility index (Phi) is 2.96. The van der Waals surface area contributed by atoms with Crippen LogP contribution in [0.5, 0.6) is 0 Å². The quantitative estimate of drug-likeness (QED) is 0.778. The summed E-state index contributed by atoms with van der Waals surface area (Å²) in [5.41, 5.74) is 0. The molecule has 0 spiro atoms. The van der Waals surface area contributed by atoms with Gasteiger partial charge in [0.25, 0.3) is 0 Å². The summed E-state index contributed by atoms with van der Waals surface area (Å²) in [5, 5.41) is 9.42. The molecule has 1 nitrogen and oxygen atoms in total. The van der Waals surface area contributed by atoms with Crippen LogP contribution in [0.2, 0.25) is 0 Å². The monoisotopic (exact) mass is 304 g/mol. The van der Waals surface area contributed by atoms with Gasteiger partial charge in [-0.15, -0.1) is 11.6 Å². The van der Waals surface area contributed by atoms with Gasteiger partial charge in [0.15, 0.2) is 0 Å². The topological polar surface area (TPSA) is 20.2 Å². The van der Waals surface area contributed by atoms with E-state index < -0.39 is 0 Å². The van der Waals surface area contributed by atoms with Gasteiger partial charge in [-0.2, -0.15) is 0 Å². The maximum absolute atomic E-state index is 9.33. The Morgan fingerprint density at radius 1 is 1.36 bits per heavy atom. The third kappa shape index (κ3) is 1.77. The van der Waals surface area contributed by atoms with Gasteiger partial charge in [0, 0.05) is 17.2 Å². The van der Waals surface area contributed by atoms with Gasteiger partial charge < -0.3 is 5.11 Å². The molecule has 0 saturated heterocycles. The minimum Gasteiger partial charge on any atom is -0.393 e. The Labute approximate surface area is 88.8 Å². The molecule has 4 heteroatoms. The summed E-state index contributed by atoms with van der Waals surface area (Å²) in [6.45, 7) is 3.74. The molecule has 1 saturated carbocycles. The first-order valence-corrected chi connectivity index (χ1v) is 5.61. The van der Waals surface area contributed by atoms with Gasteiger partial charge in [0.05, 0.1) is 9.34 Å². The van der Waals surface area contributed by atoms with Crippen molar-refractivity contribution in [2.75, 3.05) is 0 Å². The second-order valence-corrected chi connectivity index (χ2v) is 7.52. The first-order chi connectivity index (χ1) is 4.89. The van der Waals surface area contributed by atoms with Crippen LogP contribution in [0.4, 0.5) is 0 Å². The van der Waals surface area contributed by atoms with Crippen molar-refractivity contribution in [3.63, 3.8) is 0 Å². The minimum absolute atomic E-state index is 0.0911. The number of aliphatic hydroxyl groups is 1. The lowest BCUT2D eigenvalue weighted by atomic mass is 10.2. The van der Waals surface area contributed by atoms with Crippen molar-refractivity contribution in [1.82, 2.24) is 0 Å². The summed E-state index contributed by atoms with van der Waals surface area (Å²) >= 11 is 12.9. The van der Waals surface area contributed by atoms with Gasteiger partial charge in [0.2, 0.25) is 0 Å². The zero-order chi connectivity index (χ0) is 8.81. The second kappa shape index (κ2) is 3.17. The maximum atomic E-state index is 9.33. The normalized spacial score (nSPS) is 39.8. The summed E-state index contributed by atoms with van der Waals surface area (Å²) in [6.07, 6.45) is -0.306. The Morgan fingerprint density at radius 2 is 1.82 bits per heavy atom. The van der Waals surface area contributed by atoms with E-state index in [1.807, 2.05) is 6.92 Å². The largest absolute Gasteiger partial charge is 0.393 e. The van der Waals surface area contributed by atoms with Gasteiger partial charge >= 0.3 is 0 Å². The highest BCUT2D eigenvalue weighted by atomic mass is 79.9. The molecular weight excluding hydrogens is 295 g/mol. The zero-order valence-corrected chi connectivity index (χ0v) is 10.3. The molecule has 66 valence electrons. The summed E-state index contributed by atoms with van der Waals surface area (Å²) in [5.74, 6) is 0.555. The fraction of sp³-hybridized carbons (Fsp3) is 1.00. The van der Waals surface area contributed by atoms with Crippen molar-refractivity contribution in [3.05, 3.63) is 0 Å². The number of aliphatic hydroxyl groups excluding tert-OH is 1. The summed E-state index contributed by atoms with van der Waals surface area (Å²) in [7, 11) is 0. The van der Waals surface area contributed by atoms with Crippen molar-refractivity contribution in [1.29, 1.82) is 0 Å². The van der Waals surface area contributed by atoms with Gasteiger partial charge in [-0.25, -0.2) is 0 Å². The fourth-order valence-corrected chi connectivity index (χ4v) is 4.68. The van der Waals surface area contributed by atoms with E-state index in [9.17, 15) is 5.11 Å². The lowest BCUT2D eigenvalue weighted by Gasteiger charge is -2.01. The van der Waals surface area contributed by atoms with Crippen LogP contribution in [-0.2, 0) is 0 Å². The first-order valence-electron chi connectivity index (χ1n) is 3.59. The maximum Gasteiger partial charge on any atom is 0.0908 e. The standard InChI is InChI=1S/C7H11Br2ClO/c1-3(10)5-6(4(2)11)7(5,8)9/h3-6,11H,1-2H3/t3?,4?,5-,6+/m1/s1. The molecule has 11 heavy (non-hydrogen) atoms. The van der Waals surface area contributed by atoms with Crippen LogP contribution in [0.25, 0.3) is 0 Å². The van der Waals surface area contributed by atoms with Crippen LogP contribution in [0.1, 0.15) is 13.8 Å². The fourth-order valence-electron chi connectivity index (χ4n) is 1.59. The van der Waals surface area contributed by atoms with E-state index in [0.29, 0.717) is 5.92 Å². The Hall–Kier alpha value is 1.21. The lowest BCUT2D eigenvalue weighted by Crippen LogP contribution is -2.08. The highest BCUT2D eigenvalue weighted by Crippen LogP contribution is 2.65. The molecule has 1 aliphatic rings. The highest BCUT2D eigenvalue weighted by Gasteiger charge is 2.65. The average molecular weight is 306 g/mol. The average Bonchev–Trinajstić information content (AvgIpc) is 2.33. The van der Waals surface area contributed by atoms with Gasteiger partial charge in [0.1, 0.15) is 0 Å². The Balaban J connectivity index is 2.61. The molecule has 0 aromatic rings. The molecule has 1 fully saturated rings. The molecule has 0 aliphatic heterocycles. The first kappa shape index (κ1) is 10.3. The van der Waals surface area contributed by atoms with Gasteiger partial charge in [-0.1, -0.05) is 31.9 Å². The molecule has 1 rings (SSSR count). The number of hydrogen-bond donors (Lipinski definition) is 1. The summed E-state index contributed by atoms with van der Waals surface area (Å²) in [6, 6.07) is 0. The minimum atomic E-state index is -0.306. The van der Waals surface area contributed by atoms with Crippen LogP contribution < -0.4 is 0 Å². The molecule has 0 bridgehead atoms. The molecule has 1 aliphatic carbocycles. The molecule has 4 atom stereocenters. The number of rotatable bonds is 2. The van der Waals surface area contributed by atoms with E-state index in [0.717, 1.165) is 0 Å². The lowest BCUT2D eigenvalue weighted by molar-refractivity contribution is 0.164. The molecule has 0 radical (unpaired) electrons. The molecule has 1 N–H and O–H groups in total. The predicted octanol–water partition coefficient (Wildman–Crippen LogP) is 2.73. The number of hydrogen-bond acceptors (Lipinski definition) is 1. The Bertz CT molecular complexity index is 143. The molecule has 0 aromatic heterocycles. The van der Waals surface area contributed by atoms with Crippen molar-refractivity contribution in [2.24, 2.45) is 11.8 Å². The van der Waals surface area contributed by atoms with E-state index >= 15 is 0 Å². The van der Waals surface area contributed by atoms with Crippen LogP contribution in [0.3, 0.4) is 0 Å². The molecule has 0 heterocycles. The molecule has 0 amide bonds. The van der Waals surface area contributed by atoms with E-state index in [-0.39, 0.29) is 20.6 Å². The van der Waals surface area contributed by atoms with Crippen molar-refractivity contribution in [2.45, 2.75) is 28.6 Å². The van der Waals surface area contributed by atoms with E-state index in [4.69, 9.17) is 11.6 Å². The predicted molar refractivity (Wildman–Crippen MR) is 54.6 cm³/mol. The molecule has 2 unspecified atom stereocenters. The van der Waals surface area contributed by atoms with Crippen molar-refractivity contribution in [3.8, 4) is 0 Å². The van der Waals surface area contributed by atoms with Crippen LogP contribution in [0.15, 0.2) is 0 Å². The number of halogens is 3. The summed E-state index contributed by atoms with van der Waals surface area (Å²) in [4.78, 5) is 0. The Morgan fingerprint density at radius 3 is 1.91 bits per heavy atom. The SMILES string of the molecule is CC(Cl)[C@@H]1[C@H](C(C)O)C1(Br)Br. The second-order valence-electron chi connectivity index (χ2n) is 3.14. The van der Waals surface area contributed by atoms with Crippen LogP contribution >= 0.6 is 43.5 Å². The molecule has 0 aromatic carbocycles. The van der Waals surface area contributed by atoms with E-state index in [1.54, 1.807) is 6.92 Å². The van der Waals surface area contributed by atoms with Crippen LogP contribution in [0, 0.1) is 11.8 Å². The third-order valence-electron chi connectivity index (χ3n) is 2.18. The summed E-state index contributed by atoms with van der Waals surface area (Å²) < 4.78 is -0.130. The number of alkyl halides is 3. The van der Waals surface area contributed by atoms with Gasteiger partial charge in [-0.05, 0) is 13.8 Å².